The maximum absolute atomic E-state index is 12.2. The summed E-state index contributed by atoms with van der Waals surface area (Å²) in [6.45, 7) is 1.42. The molecule has 3 aromatic rings. The Morgan fingerprint density at radius 1 is 1.16 bits per heavy atom. The van der Waals surface area contributed by atoms with Crippen molar-refractivity contribution in [1.82, 2.24) is 10.2 Å². The zero-order valence-corrected chi connectivity index (χ0v) is 17.3. The fraction of sp³-hybridized carbons (Fsp3) is 0.158. The summed E-state index contributed by atoms with van der Waals surface area (Å²) in [7, 11) is 1.35. The van der Waals surface area contributed by atoms with E-state index in [4.69, 9.17) is 9.15 Å². The van der Waals surface area contributed by atoms with E-state index in [2.05, 4.69) is 20.8 Å². The number of amides is 2. The van der Waals surface area contributed by atoms with E-state index in [0.29, 0.717) is 16.9 Å². The van der Waals surface area contributed by atoms with E-state index in [0.717, 1.165) is 11.8 Å². The van der Waals surface area contributed by atoms with Gasteiger partial charge in [0.15, 0.2) is 0 Å². The van der Waals surface area contributed by atoms with Crippen LogP contribution in [-0.2, 0) is 9.59 Å². The fourth-order valence-corrected chi connectivity index (χ4v) is 3.06. The van der Waals surface area contributed by atoms with Crippen LogP contribution in [0.15, 0.2) is 52.1 Å². The quantitative estimate of drug-likeness (QED) is 0.303. The van der Waals surface area contributed by atoms with Gasteiger partial charge in [-0.05, 0) is 30.3 Å². The molecule has 0 fully saturated rings. The third-order valence-corrected chi connectivity index (χ3v) is 4.67. The summed E-state index contributed by atoms with van der Waals surface area (Å²) in [4.78, 5) is 33.6. The van der Waals surface area contributed by atoms with Crippen molar-refractivity contribution < 1.29 is 23.7 Å². The number of thioether (sulfide) groups is 1. The molecule has 0 saturated heterocycles. The maximum Gasteiger partial charge on any atom is 0.277 e. The zero-order chi connectivity index (χ0) is 22.4. The van der Waals surface area contributed by atoms with Gasteiger partial charge in [-0.2, -0.15) is 0 Å². The van der Waals surface area contributed by atoms with Crippen molar-refractivity contribution in [2.24, 2.45) is 0 Å². The molecule has 1 aromatic heterocycles. The van der Waals surface area contributed by atoms with E-state index in [1.54, 1.807) is 24.3 Å². The molecule has 160 valence electrons. The molecule has 0 atom stereocenters. The van der Waals surface area contributed by atoms with Gasteiger partial charge in [-0.3, -0.25) is 19.7 Å². The molecule has 2 aromatic carbocycles. The minimum absolute atomic E-state index is 0.0246. The van der Waals surface area contributed by atoms with Crippen molar-refractivity contribution in [3.05, 3.63) is 52.6 Å². The Labute approximate surface area is 180 Å². The summed E-state index contributed by atoms with van der Waals surface area (Å²) < 4.78 is 10.6. The Balaban J connectivity index is 1.58. The van der Waals surface area contributed by atoms with Crippen molar-refractivity contribution >= 4 is 40.6 Å². The van der Waals surface area contributed by atoms with E-state index < -0.39 is 4.92 Å². The van der Waals surface area contributed by atoms with Crippen LogP contribution >= 0.6 is 11.8 Å². The molecule has 0 unspecified atom stereocenters. The van der Waals surface area contributed by atoms with E-state index in [1.807, 2.05) is 0 Å². The van der Waals surface area contributed by atoms with Crippen LogP contribution in [0.3, 0.4) is 0 Å². The van der Waals surface area contributed by atoms with Gasteiger partial charge in [0.05, 0.1) is 29.5 Å². The van der Waals surface area contributed by atoms with E-state index in [9.17, 15) is 19.7 Å². The standard InChI is InChI=1S/C19H17N5O6S/c1-11(25)20-13-5-3-12(4-6-13)18-22-23-19(30-18)31-10-17(26)21-15-8-7-14(24(27)28)9-16(15)29-2/h3-9H,10H2,1-2H3,(H,20,25)(H,21,26). The Kier molecular flexibility index (Phi) is 6.82. The number of benzene rings is 2. The lowest BCUT2D eigenvalue weighted by atomic mass is 10.2. The summed E-state index contributed by atoms with van der Waals surface area (Å²) in [5.74, 6) is -0.126. The zero-order valence-electron chi connectivity index (χ0n) is 16.4. The molecule has 0 aliphatic rings. The minimum Gasteiger partial charge on any atom is -0.494 e. The van der Waals surface area contributed by atoms with Crippen molar-refractivity contribution in [2.75, 3.05) is 23.5 Å². The Morgan fingerprint density at radius 3 is 2.55 bits per heavy atom. The van der Waals surface area contributed by atoms with Crippen molar-refractivity contribution in [2.45, 2.75) is 12.1 Å². The smallest absolute Gasteiger partial charge is 0.277 e. The van der Waals surface area contributed by atoms with Crippen molar-refractivity contribution in [3.8, 4) is 17.2 Å². The summed E-state index contributed by atoms with van der Waals surface area (Å²) in [6.07, 6.45) is 0. The fourth-order valence-electron chi connectivity index (χ4n) is 2.49. The predicted molar refractivity (Wildman–Crippen MR) is 113 cm³/mol. The highest BCUT2D eigenvalue weighted by molar-refractivity contribution is 7.99. The van der Waals surface area contributed by atoms with Gasteiger partial charge in [0.1, 0.15) is 5.75 Å². The van der Waals surface area contributed by atoms with Gasteiger partial charge < -0.3 is 19.8 Å². The number of hydrogen-bond acceptors (Lipinski definition) is 9. The lowest BCUT2D eigenvalue weighted by molar-refractivity contribution is -0.384. The number of nitro groups is 1. The van der Waals surface area contributed by atoms with Crippen molar-refractivity contribution in [3.63, 3.8) is 0 Å². The van der Waals surface area contributed by atoms with E-state index >= 15 is 0 Å². The largest absolute Gasteiger partial charge is 0.494 e. The molecule has 1 heterocycles. The number of methoxy groups -OCH3 is 1. The number of carbonyl (C=O) groups is 2. The molecular weight excluding hydrogens is 426 g/mol. The van der Waals surface area contributed by atoms with Gasteiger partial charge in [-0.1, -0.05) is 11.8 Å². The molecule has 11 nitrogen and oxygen atoms in total. The third kappa shape index (κ3) is 5.79. The average molecular weight is 443 g/mol. The summed E-state index contributed by atoms with van der Waals surface area (Å²) in [6, 6.07) is 10.8. The lowest BCUT2D eigenvalue weighted by Crippen LogP contribution is -2.14. The van der Waals surface area contributed by atoms with Crippen LogP contribution < -0.4 is 15.4 Å². The van der Waals surface area contributed by atoms with Gasteiger partial charge >= 0.3 is 0 Å². The topological polar surface area (TPSA) is 149 Å². The summed E-state index contributed by atoms with van der Waals surface area (Å²) in [5, 5.41) is 24.2. The number of rotatable bonds is 8. The van der Waals surface area contributed by atoms with Gasteiger partial charge in [0, 0.05) is 24.2 Å². The first-order chi connectivity index (χ1) is 14.9. The third-order valence-electron chi connectivity index (χ3n) is 3.86. The van der Waals surface area contributed by atoms with Crippen LogP contribution in [0.2, 0.25) is 0 Å². The first-order valence-corrected chi connectivity index (χ1v) is 9.81. The highest BCUT2D eigenvalue weighted by Crippen LogP contribution is 2.29. The molecule has 0 aliphatic carbocycles. The average Bonchev–Trinajstić information content (AvgIpc) is 3.21. The number of nitrogens with zero attached hydrogens (tertiary/aromatic N) is 3. The van der Waals surface area contributed by atoms with Crippen molar-refractivity contribution in [1.29, 1.82) is 0 Å². The van der Waals surface area contributed by atoms with E-state index in [1.165, 1.54) is 32.2 Å². The number of nitro benzene ring substituents is 1. The summed E-state index contributed by atoms with van der Waals surface area (Å²) >= 11 is 1.04. The number of hydrogen-bond donors (Lipinski definition) is 2. The highest BCUT2D eigenvalue weighted by Gasteiger charge is 2.15. The minimum atomic E-state index is -0.551. The first-order valence-electron chi connectivity index (χ1n) is 8.82. The molecule has 12 heteroatoms. The van der Waals surface area contributed by atoms with Gasteiger partial charge in [-0.15, -0.1) is 10.2 Å². The molecule has 0 saturated carbocycles. The highest BCUT2D eigenvalue weighted by atomic mass is 32.2. The van der Waals surface area contributed by atoms with Crippen LogP contribution in [0, 0.1) is 10.1 Å². The van der Waals surface area contributed by atoms with Crippen LogP contribution in [0.25, 0.3) is 11.5 Å². The summed E-state index contributed by atoms with van der Waals surface area (Å²) in [5.41, 5.74) is 1.47. The van der Waals surface area contributed by atoms with Gasteiger partial charge in [0.2, 0.25) is 17.7 Å². The lowest BCUT2D eigenvalue weighted by Gasteiger charge is -2.09. The van der Waals surface area contributed by atoms with Crippen LogP contribution in [0.5, 0.6) is 5.75 Å². The molecule has 3 rings (SSSR count). The second-order valence-corrected chi connectivity index (χ2v) is 7.04. The van der Waals surface area contributed by atoms with Crippen LogP contribution in [-0.4, -0.2) is 39.8 Å². The SMILES string of the molecule is COc1cc([N+](=O)[O-])ccc1NC(=O)CSc1nnc(-c2ccc(NC(C)=O)cc2)o1. The number of ether oxygens (including phenoxy) is 1. The molecule has 0 spiro atoms. The maximum atomic E-state index is 12.2. The monoisotopic (exact) mass is 443 g/mol. The number of nitrogens with one attached hydrogen (secondary N) is 2. The normalized spacial score (nSPS) is 10.4. The molecule has 0 aliphatic heterocycles. The molecule has 0 bridgehead atoms. The Bertz CT molecular complexity index is 1120. The number of aromatic nitrogens is 2. The molecule has 2 N–H and O–H groups in total. The van der Waals surface area contributed by atoms with Crippen LogP contribution in [0.1, 0.15) is 6.92 Å². The molecule has 31 heavy (non-hydrogen) atoms. The Hall–Kier alpha value is -3.93. The second-order valence-electron chi connectivity index (χ2n) is 6.11. The molecular formula is C19H17N5O6S. The predicted octanol–water partition coefficient (Wildman–Crippen LogP) is 3.34. The molecule has 2 amide bonds. The van der Waals surface area contributed by atoms with E-state index in [-0.39, 0.29) is 40.1 Å². The second kappa shape index (κ2) is 9.71. The number of carbonyl (C=O) groups excluding carboxylic acids is 2. The van der Waals surface area contributed by atoms with Gasteiger partial charge in [0.25, 0.3) is 10.9 Å². The first kappa shape index (κ1) is 21.8. The number of non-ortho nitro benzene ring substituents is 1. The van der Waals surface area contributed by atoms with Crippen LogP contribution in [0.4, 0.5) is 17.1 Å². The molecule has 0 radical (unpaired) electrons. The van der Waals surface area contributed by atoms with Gasteiger partial charge in [-0.25, -0.2) is 0 Å². The Morgan fingerprint density at radius 2 is 1.90 bits per heavy atom. The number of anilines is 2.